The summed E-state index contributed by atoms with van der Waals surface area (Å²) >= 11 is 12.2. The number of nitrogens with one attached hydrogen (secondary N) is 1. The highest BCUT2D eigenvalue weighted by Gasteiger charge is 2.44. The molecular formula is C15H19Cl2N3O4. The van der Waals surface area contributed by atoms with Gasteiger partial charge in [-0.05, 0) is 18.6 Å². The maximum absolute atomic E-state index is 10.3. The Morgan fingerprint density at radius 3 is 2.58 bits per heavy atom. The van der Waals surface area contributed by atoms with Gasteiger partial charge in [0.05, 0.1) is 27.7 Å². The number of hydrogen-bond donors (Lipinski definition) is 4. The van der Waals surface area contributed by atoms with E-state index >= 15 is 0 Å². The largest absolute Gasteiger partial charge is 0.394 e. The van der Waals surface area contributed by atoms with Crippen molar-refractivity contribution in [3.05, 3.63) is 22.2 Å². The van der Waals surface area contributed by atoms with Crippen molar-refractivity contribution >= 4 is 40.2 Å². The van der Waals surface area contributed by atoms with Gasteiger partial charge in [-0.15, -0.1) is 0 Å². The van der Waals surface area contributed by atoms with Crippen molar-refractivity contribution in [3.8, 4) is 0 Å². The molecule has 1 aliphatic rings. The van der Waals surface area contributed by atoms with E-state index in [0.29, 0.717) is 33.6 Å². The third kappa shape index (κ3) is 2.96. The molecule has 4 N–H and O–H groups in total. The van der Waals surface area contributed by atoms with Gasteiger partial charge in [0.1, 0.15) is 18.3 Å². The van der Waals surface area contributed by atoms with Crippen molar-refractivity contribution < 1.29 is 20.1 Å². The van der Waals surface area contributed by atoms with Crippen molar-refractivity contribution in [2.75, 3.05) is 18.5 Å². The zero-order valence-electron chi connectivity index (χ0n) is 13.0. The van der Waals surface area contributed by atoms with Gasteiger partial charge in [0, 0.05) is 6.54 Å². The van der Waals surface area contributed by atoms with Gasteiger partial charge in [-0.1, -0.05) is 30.1 Å². The van der Waals surface area contributed by atoms with Crippen molar-refractivity contribution in [1.82, 2.24) is 9.55 Å². The Balaban J connectivity index is 2.12. The normalized spacial score (nSPS) is 27.1. The molecule has 2 heterocycles. The number of fused-ring (bicyclic) bond motifs is 1. The zero-order valence-corrected chi connectivity index (χ0v) is 14.5. The SMILES string of the molecule is CCCNc1nc2cc(Cl)c(Cl)cc2n1[C@@H]1O[C@H](CO)[C@@H](O)[C@H]1O. The molecule has 3 rings (SSSR count). The molecule has 0 aliphatic carbocycles. The molecule has 24 heavy (non-hydrogen) atoms. The summed E-state index contributed by atoms with van der Waals surface area (Å²) < 4.78 is 7.27. The molecular weight excluding hydrogens is 357 g/mol. The molecule has 1 aliphatic heterocycles. The molecule has 0 spiro atoms. The Morgan fingerprint density at radius 1 is 1.25 bits per heavy atom. The molecule has 2 aromatic rings. The highest BCUT2D eigenvalue weighted by Crippen LogP contribution is 2.37. The van der Waals surface area contributed by atoms with E-state index in [9.17, 15) is 15.3 Å². The van der Waals surface area contributed by atoms with Crippen LogP contribution in [0.1, 0.15) is 19.6 Å². The number of nitrogens with zero attached hydrogens (tertiary/aromatic N) is 2. The lowest BCUT2D eigenvalue weighted by atomic mass is 10.1. The lowest BCUT2D eigenvalue weighted by Crippen LogP contribution is -2.33. The molecule has 132 valence electrons. The van der Waals surface area contributed by atoms with Gasteiger partial charge in [-0.3, -0.25) is 4.57 Å². The number of halogens is 2. The molecule has 0 bridgehead atoms. The van der Waals surface area contributed by atoms with Crippen molar-refractivity contribution in [2.45, 2.75) is 37.9 Å². The molecule has 9 heteroatoms. The number of ether oxygens (including phenoxy) is 1. The quantitative estimate of drug-likeness (QED) is 0.635. The number of aliphatic hydroxyl groups is 3. The molecule has 0 saturated carbocycles. The average molecular weight is 376 g/mol. The summed E-state index contributed by atoms with van der Waals surface area (Å²) in [6.07, 6.45) is -3.31. The second-order valence-corrected chi connectivity index (χ2v) is 6.53. The van der Waals surface area contributed by atoms with Gasteiger partial charge < -0.3 is 25.4 Å². The Kier molecular flexibility index (Phi) is 5.19. The maximum Gasteiger partial charge on any atom is 0.206 e. The van der Waals surface area contributed by atoms with E-state index in [2.05, 4.69) is 10.3 Å². The Morgan fingerprint density at radius 2 is 1.96 bits per heavy atom. The van der Waals surface area contributed by atoms with Crippen LogP contribution in [0.25, 0.3) is 11.0 Å². The van der Waals surface area contributed by atoms with E-state index in [1.54, 1.807) is 16.7 Å². The summed E-state index contributed by atoms with van der Waals surface area (Å²) in [5.74, 6) is 0.472. The Bertz CT molecular complexity index is 739. The lowest BCUT2D eigenvalue weighted by Gasteiger charge is -2.20. The van der Waals surface area contributed by atoms with Crippen LogP contribution in [0.2, 0.25) is 10.0 Å². The number of anilines is 1. The summed E-state index contributed by atoms with van der Waals surface area (Å²) in [4.78, 5) is 4.48. The van der Waals surface area contributed by atoms with Crippen LogP contribution < -0.4 is 5.32 Å². The van der Waals surface area contributed by atoms with E-state index in [0.717, 1.165) is 6.42 Å². The van der Waals surface area contributed by atoms with Crippen molar-refractivity contribution in [3.63, 3.8) is 0 Å². The van der Waals surface area contributed by atoms with Gasteiger partial charge in [-0.2, -0.15) is 0 Å². The molecule has 7 nitrogen and oxygen atoms in total. The van der Waals surface area contributed by atoms with Crippen LogP contribution in [0.3, 0.4) is 0 Å². The standard InChI is InChI=1S/C15H19Cl2N3O4/c1-2-3-18-15-19-9-4-7(16)8(17)5-10(9)20(15)14-13(23)12(22)11(6-21)24-14/h4-5,11-14,21-23H,2-3,6H2,1H3,(H,18,19)/t11-,12-,13-,14-/m1/s1. The summed E-state index contributed by atoms with van der Waals surface area (Å²) in [7, 11) is 0. The van der Waals surface area contributed by atoms with Gasteiger partial charge in [-0.25, -0.2) is 4.98 Å². The predicted molar refractivity (Wildman–Crippen MR) is 91.5 cm³/mol. The molecule has 0 amide bonds. The molecule has 0 unspecified atom stereocenters. The highest BCUT2D eigenvalue weighted by atomic mass is 35.5. The summed E-state index contributed by atoms with van der Waals surface area (Å²) in [6, 6.07) is 3.27. The van der Waals surface area contributed by atoms with Crippen molar-refractivity contribution in [2.24, 2.45) is 0 Å². The van der Waals surface area contributed by atoms with Gasteiger partial charge in [0.15, 0.2) is 6.23 Å². The van der Waals surface area contributed by atoms with Crippen LogP contribution in [0, 0.1) is 0 Å². The zero-order chi connectivity index (χ0) is 17.4. The summed E-state index contributed by atoms with van der Waals surface area (Å²) in [5.41, 5.74) is 1.19. The summed E-state index contributed by atoms with van der Waals surface area (Å²) in [6.45, 7) is 2.28. The molecule has 1 saturated heterocycles. The summed E-state index contributed by atoms with van der Waals surface area (Å²) in [5, 5.41) is 33.6. The number of benzene rings is 1. The topological polar surface area (TPSA) is 99.8 Å². The molecule has 1 fully saturated rings. The number of aliphatic hydroxyl groups excluding tert-OH is 3. The number of aromatic nitrogens is 2. The Hall–Kier alpha value is -1.09. The van der Waals surface area contributed by atoms with Crippen LogP contribution in [-0.2, 0) is 4.74 Å². The Labute approximate surface area is 148 Å². The van der Waals surface area contributed by atoms with Gasteiger partial charge >= 0.3 is 0 Å². The highest BCUT2D eigenvalue weighted by molar-refractivity contribution is 6.42. The fourth-order valence-corrected chi connectivity index (χ4v) is 3.12. The molecule has 0 radical (unpaired) electrons. The van der Waals surface area contributed by atoms with E-state index < -0.39 is 31.1 Å². The van der Waals surface area contributed by atoms with E-state index in [-0.39, 0.29) is 0 Å². The van der Waals surface area contributed by atoms with Crippen LogP contribution in [0.5, 0.6) is 0 Å². The lowest BCUT2D eigenvalue weighted by molar-refractivity contribution is -0.0499. The second-order valence-electron chi connectivity index (χ2n) is 5.72. The molecule has 1 aromatic heterocycles. The fourth-order valence-electron chi connectivity index (χ4n) is 2.80. The third-order valence-electron chi connectivity index (χ3n) is 4.04. The third-order valence-corrected chi connectivity index (χ3v) is 4.76. The van der Waals surface area contributed by atoms with E-state index in [4.69, 9.17) is 27.9 Å². The van der Waals surface area contributed by atoms with Crippen molar-refractivity contribution in [1.29, 1.82) is 0 Å². The first-order valence-electron chi connectivity index (χ1n) is 7.71. The van der Waals surface area contributed by atoms with Crippen LogP contribution in [0.4, 0.5) is 5.95 Å². The van der Waals surface area contributed by atoms with E-state index in [1.807, 2.05) is 6.92 Å². The smallest absolute Gasteiger partial charge is 0.206 e. The minimum Gasteiger partial charge on any atom is -0.394 e. The number of imidazole rings is 1. The van der Waals surface area contributed by atoms with Crippen LogP contribution in [-0.4, -0.2) is 56.3 Å². The number of rotatable bonds is 5. The van der Waals surface area contributed by atoms with Crippen LogP contribution >= 0.6 is 23.2 Å². The first-order chi connectivity index (χ1) is 11.5. The molecule has 1 aromatic carbocycles. The fraction of sp³-hybridized carbons (Fsp3) is 0.533. The second kappa shape index (κ2) is 7.03. The first kappa shape index (κ1) is 17.7. The van der Waals surface area contributed by atoms with Gasteiger partial charge in [0.25, 0.3) is 0 Å². The molecule has 4 atom stereocenters. The van der Waals surface area contributed by atoms with Crippen LogP contribution in [0.15, 0.2) is 12.1 Å². The van der Waals surface area contributed by atoms with E-state index in [1.165, 1.54) is 0 Å². The number of hydrogen-bond acceptors (Lipinski definition) is 6. The first-order valence-corrected chi connectivity index (χ1v) is 8.46. The minimum atomic E-state index is -1.21. The monoisotopic (exact) mass is 375 g/mol. The average Bonchev–Trinajstić information content (AvgIpc) is 3.04. The maximum atomic E-state index is 10.3. The van der Waals surface area contributed by atoms with Gasteiger partial charge in [0.2, 0.25) is 5.95 Å². The minimum absolute atomic E-state index is 0.346. The predicted octanol–water partition coefficient (Wildman–Crippen LogP) is 1.78.